The predicted molar refractivity (Wildman–Crippen MR) is 69.6 cm³/mol. The molecule has 0 spiro atoms. The van der Waals surface area contributed by atoms with Gasteiger partial charge in [-0.15, -0.1) is 0 Å². The third-order valence-corrected chi connectivity index (χ3v) is 2.70. The van der Waals surface area contributed by atoms with Crippen molar-refractivity contribution >= 4 is 5.82 Å². The maximum Gasteiger partial charge on any atom is 0.419 e. The fraction of sp³-hybridized carbons (Fsp3) is 0.214. The maximum absolute atomic E-state index is 12.8. The Kier molecular flexibility index (Phi) is 4.12. The highest BCUT2D eigenvalue weighted by Gasteiger charge is 2.34. The van der Waals surface area contributed by atoms with E-state index in [9.17, 15) is 13.2 Å². The van der Waals surface area contributed by atoms with Crippen LogP contribution in [0.15, 0.2) is 42.6 Å². The van der Waals surface area contributed by atoms with Gasteiger partial charge >= 0.3 is 6.18 Å². The molecule has 0 fully saturated rings. The second-order valence-corrected chi connectivity index (χ2v) is 4.04. The molecule has 20 heavy (non-hydrogen) atoms. The third kappa shape index (κ3) is 3.20. The van der Waals surface area contributed by atoms with Gasteiger partial charge in [0.05, 0.1) is 5.56 Å². The zero-order chi connectivity index (χ0) is 14.6. The first kappa shape index (κ1) is 14.2. The summed E-state index contributed by atoms with van der Waals surface area (Å²) >= 11 is 0. The summed E-state index contributed by atoms with van der Waals surface area (Å²) in [6, 6.07) is 8.59. The van der Waals surface area contributed by atoms with Gasteiger partial charge in [-0.3, -0.25) is 0 Å². The van der Waals surface area contributed by atoms with Crippen LogP contribution >= 0.6 is 0 Å². The first-order valence-electron chi connectivity index (χ1n) is 5.93. The van der Waals surface area contributed by atoms with Crippen molar-refractivity contribution in [1.29, 1.82) is 0 Å². The summed E-state index contributed by atoms with van der Waals surface area (Å²) in [6.45, 7) is 0.0110. The summed E-state index contributed by atoms with van der Waals surface area (Å²) in [5.41, 5.74) is -0.0955. The molecule has 0 radical (unpaired) electrons. The molecule has 0 aliphatic heterocycles. The average molecular weight is 282 g/mol. The number of para-hydroxylation sites is 1. The van der Waals surface area contributed by atoms with E-state index in [-0.39, 0.29) is 12.4 Å². The number of halogens is 3. The van der Waals surface area contributed by atoms with Gasteiger partial charge in [-0.1, -0.05) is 18.2 Å². The van der Waals surface area contributed by atoms with Gasteiger partial charge in [-0.25, -0.2) is 4.98 Å². The van der Waals surface area contributed by atoms with Crippen LogP contribution < -0.4 is 10.1 Å². The van der Waals surface area contributed by atoms with Crippen molar-refractivity contribution in [3.05, 3.63) is 53.7 Å². The topological polar surface area (TPSA) is 34.2 Å². The Balaban J connectivity index is 2.20. The van der Waals surface area contributed by atoms with Gasteiger partial charge < -0.3 is 10.1 Å². The van der Waals surface area contributed by atoms with Crippen LogP contribution in [0, 0.1) is 0 Å². The molecule has 0 saturated carbocycles. The minimum atomic E-state index is -4.43. The van der Waals surface area contributed by atoms with Crippen molar-refractivity contribution in [3.63, 3.8) is 0 Å². The number of nitrogens with one attached hydrogen (secondary N) is 1. The number of hydrogen-bond acceptors (Lipinski definition) is 3. The zero-order valence-corrected chi connectivity index (χ0v) is 10.7. The van der Waals surface area contributed by atoms with Gasteiger partial charge in [-0.05, 0) is 18.2 Å². The van der Waals surface area contributed by atoms with Crippen molar-refractivity contribution < 1.29 is 17.9 Å². The average Bonchev–Trinajstić information content (AvgIpc) is 2.44. The minimum Gasteiger partial charge on any atom is -0.488 e. The van der Waals surface area contributed by atoms with E-state index in [4.69, 9.17) is 4.74 Å². The number of anilines is 1. The smallest absolute Gasteiger partial charge is 0.419 e. The molecular formula is C14H13F3N2O. The molecular weight excluding hydrogens is 269 g/mol. The van der Waals surface area contributed by atoms with Gasteiger partial charge in [-0.2, -0.15) is 13.2 Å². The van der Waals surface area contributed by atoms with Crippen LogP contribution in [0.4, 0.5) is 19.0 Å². The second kappa shape index (κ2) is 5.81. The monoisotopic (exact) mass is 282 g/mol. The Labute approximate surface area is 114 Å². The molecule has 0 unspecified atom stereocenters. The largest absolute Gasteiger partial charge is 0.488 e. The third-order valence-electron chi connectivity index (χ3n) is 2.70. The Morgan fingerprint density at radius 2 is 1.90 bits per heavy atom. The van der Waals surface area contributed by atoms with E-state index in [1.807, 2.05) is 0 Å². The number of rotatable bonds is 4. The molecule has 3 nitrogen and oxygen atoms in total. The van der Waals surface area contributed by atoms with E-state index >= 15 is 0 Å². The van der Waals surface area contributed by atoms with Gasteiger partial charge in [0, 0.05) is 18.8 Å². The van der Waals surface area contributed by atoms with Gasteiger partial charge in [0.1, 0.15) is 18.2 Å². The minimum absolute atomic E-state index is 0.0110. The Bertz CT molecular complexity index is 585. The second-order valence-electron chi connectivity index (χ2n) is 4.04. The Hall–Kier alpha value is -2.24. The number of nitrogens with zero attached hydrogens (tertiary/aromatic N) is 1. The highest BCUT2D eigenvalue weighted by molar-refractivity contribution is 5.43. The van der Waals surface area contributed by atoms with E-state index in [1.54, 1.807) is 25.4 Å². The van der Waals surface area contributed by atoms with Crippen molar-refractivity contribution in [2.45, 2.75) is 12.8 Å². The van der Waals surface area contributed by atoms with Crippen LogP contribution in [0.2, 0.25) is 0 Å². The van der Waals surface area contributed by atoms with Gasteiger partial charge in [0.15, 0.2) is 0 Å². The van der Waals surface area contributed by atoms with Crippen LogP contribution in [0.3, 0.4) is 0 Å². The quantitative estimate of drug-likeness (QED) is 0.928. The number of hydrogen-bond donors (Lipinski definition) is 1. The molecule has 2 rings (SSSR count). The molecule has 0 atom stereocenters. The highest BCUT2D eigenvalue weighted by Crippen LogP contribution is 2.36. The highest BCUT2D eigenvalue weighted by atomic mass is 19.4. The fourth-order valence-corrected chi connectivity index (χ4v) is 1.76. The number of pyridine rings is 1. The van der Waals surface area contributed by atoms with Crippen LogP contribution in [0.5, 0.6) is 5.75 Å². The van der Waals surface area contributed by atoms with Crippen molar-refractivity contribution in [2.75, 3.05) is 12.4 Å². The van der Waals surface area contributed by atoms with E-state index in [1.165, 1.54) is 18.2 Å². The molecule has 0 amide bonds. The summed E-state index contributed by atoms with van der Waals surface area (Å²) in [5, 5.41) is 2.86. The number of ether oxygens (including phenoxy) is 1. The molecule has 0 bridgehead atoms. The summed E-state index contributed by atoms with van der Waals surface area (Å²) < 4.78 is 43.7. The molecule has 0 aliphatic rings. The number of alkyl halides is 3. The van der Waals surface area contributed by atoms with E-state index < -0.39 is 11.7 Å². The van der Waals surface area contributed by atoms with Gasteiger partial charge in [0.2, 0.25) is 0 Å². The standard InChI is InChI=1S/C14H13F3N2O/c1-18-13-10(5-4-8-19-13)9-20-12-7-3-2-6-11(12)14(15,16)17/h2-8H,9H2,1H3,(H,18,19). The Morgan fingerprint density at radius 1 is 1.15 bits per heavy atom. The number of benzene rings is 1. The normalized spacial score (nSPS) is 11.2. The van der Waals surface area contributed by atoms with Crippen molar-refractivity contribution in [2.24, 2.45) is 0 Å². The molecule has 6 heteroatoms. The SMILES string of the molecule is CNc1ncccc1COc1ccccc1C(F)(F)F. The van der Waals surface area contributed by atoms with Crippen molar-refractivity contribution in [1.82, 2.24) is 4.98 Å². The summed E-state index contributed by atoms with van der Waals surface area (Å²) in [5.74, 6) is 0.392. The molecule has 1 aromatic heterocycles. The summed E-state index contributed by atoms with van der Waals surface area (Å²) in [7, 11) is 1.69. The van der Waals surface area contributed by atoms with E-state index in [0.29, 0.717) is 11.4 Å². The molecule has 2 aromatic rings. The lowest BCUT2D eigenvalue weighted by atomic mass is 10.2. The molecule has 0 aliphatic carbocycles. The van der Waals surface area contributed by atoms with E-state index in [2.05, 4.69) is 10.3 Å². The summed E-state index contributed by atoms with van der Waals surface area (Å²) in [4.78, 5) is 4.07. The first-order valence-corrected chi connectivity index (χ1v) is 5.93. The van der Waals surface area contributed by atoms with Crippen molar-refractivity contribution in [3.8, 4) is 5.75 Å². The van der Waals surface area contributed by atoms with Crippen LogP contribution in [-0.2, 0) is 12.8 Å². The van der Waals surface area contributed by atoms with Crippen LogP contribution in [0.25, 0.3) is 0 Å². The molecule has 1 N–H and O–H groups in total. The first-order chi connectivity index (χ1) is 9.52. The zero-order valence-electron chi connectivity index (χ0n) is 10.7. The molecule has 1 heterocycles. The maximum atomic E-state index is 12.8. The molecule has 1 aromatic carbocycles. The lowest BCUT2D eigenvalue weighted by Crippen LogP contribution is -2.09. The predicted octanol–water partition coefficient (Wildman–Crippen LogP) is 3.72. The lowest BCUT2D eigenvalue weighted by molar-refractivity contribution is -0.139. The van der Waals surface area contributed by atoms with Crippen LogP contribution in [0.1, 0.15) is 11.1 Å². The molecule has 0 saturated heterocycles. The molecule has 106 valence electrons. The van der Waals surface area contributed by atoms with Gasteiger partial charge in [0.25, 0.3) is 0 Å². The Morgan fingerprint density at radius 3 is 2.60 bits per heavy atom. The number of aromatic nitrogens is 1. The summed E-state index contributed by atoms with van der Waals surface area (Å²) in [6.07, 6.45) is -2.84. The fourth-order valence-electron chi connectivity index (χ4n) is 1.76. The van der Waals surface area contributed by atoms with E-state index in [0.717, 1.165) is 6.07 Å². The lowest BCUT2D eigenvalue weighted by Gasteiger charge is -2.14. The van der Waals surface area contributed by atoms with Crippen LogP contribution in [-0.4, -0.2) is 12.0 Å².